The highest BCUT2D eigenvalue weighted by Gasteiger charge is 2.34. The Morgan fingerprint density at radius 1 is 1.48 bits per heavy atom. The average molecular weight is 337 g/mol. The summed E-state index contributed by atoms with van der Waals surface area (Å²) in [7, 11) is -4.37. The number of hydrogen-bond acceptors (Lipinski definition) is 5. The molecule has 1 aromatic rings. The predicted octanol–water partition coefficient (Wildman–Crippen LogP) is 1.73. The molecule has 21 heavy (non-hydrogen) atoms. The first-order chi connectivity index (χ1) is 9.57. The molecule has 0 aliphatic heterocycles. The third-order valence-electron chi connectivity index (χ3n) is 2.57. The van der Waals surface area contributed by atoms with Crippen molar-refractivity contribution in [3.8, 4) is 0 Å². The van der Waals surface area contributed by atoms with Crippen molar-refractivity contribution in [2.45, 2.75) is 24.8 Å². The van der Waals surface area contributed by atoms with Crippen molar-refractivity contribution >= 4 is 33.3 Å². The van der Waals surface area contributed by atoms with Crippen molar-refractivity contribution in [2.75, 3.05) is 6.54 Å². The van der Waals surface area contributed by atoms with E-state index in [4.69, 9.17) is 16.7 Å². The number of nitro benzene ring substituents is 1. The highest BCUT2D eigenvalue weighted by molar-refractivity contribution is 7.89. The first kappa shape index (κ1) is 17.3. The van der Waals surface area contributed by atoms with Crippen LogP contribution in [0, 0.1) is 10.1 Å². The number of carboxylic acids is 1. The van der Waals surface area contributed by atoms with Gasteiger partial charge >= 0.3 is 5.97 Å². The largest absolute Gasteiger partial charge is 0.480 e. The van der Waals surface area contributed by atoms with Crippen LogP contribution < -0.4 is 0 Å². The second kappa shape index (κ2) is 6.37. The van der Waals surface area contributed by atoms with Crippen molar-refractivity contribution in [3.05, 3.63) is 33.3 Å². The van der Waals surface area contributed by atoms with Crippen LogP contribution in [0.4, 0.5) is 5.69 Å². The smallest absolute Gasteiger partial charge is 0.318 e. The molecule has 0 unspecified atom stereocenters. The molecule has 0 fully saturated rings. The number of hydrogen-bond donors (Lipinski definition) is 1. The summed E-state index contributed by atoms with van der Waals surface area (Å²) < 4.78 is 25.6. The first-order valence-corrected chi connectivity index (χ1v) is 7.56. The van der Waals surface area contributed by atoms with E-state index >= 15 is 0 Å². The summed E-state index contributed by atoms with van der Waals surface area (Å²) in [5.74, 6) is -1.36. The maximum absolute atomic E-state index is 12.5. The van der Waals surface area contributed by atoms with Gasteiger partial charge in [0.1, 0.15) is 6.54 Å². The van der Waals surface area contributed by atoms with E-state index < -0.39 is 44.1 Å². The molecule has 0 heterocycles. The minimum atomic E-state index is -4.37. The van der Waals surface area contributed by atoms with Crippen molar-refractivity contribution in [3.63, 3.8) is 0 Å². The van der Waals surface area contributed by atoms with E-state index in [1.54, 1.807) is 0 Å². The number of rotatable bonds is 6. The van der Waals surface area contributed by atoms with Gasteiger partial charge in [-0.1, -0.05) is 11.6 Å². The van der Waals surface area contributed by atoms with Gasteiger partial charge in [-0.15, -0.1) is 0 Å². The second-order valence-electron chi connectivity index (χ2n) is 4.41. The molecule has 0 amide bonds. The van der Waals surface area contributed by atoms with Gasteiger partial charge < -0.3 is 5.11 Å². The van der Waals surface area contributed by atoms with Crippen LogP contribution in [-0.4, -0.2) is 41.3 Å². The lowest BCUT2D eigenvalue weighted by Crippen LogP contribution is -2.40. The summed E-state index contributed by atoms with van der Waals surface area (Å²) in [5.41, 5.74) is -0.657. The highest BCUT2D eigenvalue weighted by atomic mass is 35.5. The molecule has 0 bridgehead atoms. The van der Waals surface area contributed by atoms with Gasteiger partial charge in [-0.05, 0) is 26.0 Å². The number of carboxylic acid groups (broad SMARTS) is 1. The normalized spacial score (nSPS) is 11.9. The molecule has 0 radical (unpaired) electrons. The molecule has 10 heteroatoms. The number of nitro groups is 1. The molecule has 0 spiro atoms. The molecule has 1 rings (SSSR count). The molecule has 1 aromatic carbocycles. The average Bonchev–Trinajstić information content (AvgIpc) is 2.34. The van der Waals surface area contributed by atoms with E-state index in [0.29, 0.717) is 4.31 Å². The van der Waals surface area contributed by atoms with Gasteiger partial charge in [0.05, 0.1) is 4.92 Å². The van der Waals surface area contributed by atoms with Gasteiger partial charge in [-0.3, -0.25) is 14.9 Å². The number of aliphatic carboxylic acids is 1. The van der Waals surface area contributed by atoms with Crippen LogP contribution in [-0.2, 0) is 14.8 Å². The Kier molecular flexibility index (Phi) is 5.26. The molecular formula is C11H13ClN2O6S. The second-order valence-corrected chi connectivity index (χ2v) is 6.70. The van der Waals surface area contributed by atoms with E-state index in [1.807, 2.05) is 0 Å². The fourth-order valence-electron chi connectivity index (χ4n) is 1.65. The third kappa shape index (κ3) is 3.90. The highest BCUT2D eigenvalue weighted by Crippen LogP contribution is 2.30. The molecule has 0 saturated carbocycles. The van der Waals surface area contributed by atoms with Crippen LogP contribution in [0.5, 0.6) is 0 Å². The monoisotopic (exact) mass is 336 g/mol. The number of nitrogens with zero attached hydrogens (tertiary/aromatic N) is 2. The van der Waals surface area contributed by atoms with Gasteiger partial charge in [0.15, 0.2) is 4.90 Å². The molecular weight excluding hydrogens is 324 g/mol. The van der Waals surface area contributed by atoms with Crippen molar-refractivity contribution in [1.82, 2.24) is 4.31 Å². The summed E-state index contributed by atoms with van der Waals surface area (Å²) in [6.07, 6.45) is 0. The molecule has 0 atom stereocenters. The van der Waals surface area contributed by atoms with Crippen molar-refractivity contribution < 1.29 is 23.2 Å². The zero-order valence-electron chi connectivity index (χ0n) is 11.2. The summed E-state index contributed by atoms with van der Waals surface area (Å²) in [6, 6.07) is 2.40. The molecule has 0 aromatic heterocycles. The first-order valence-electron chi connectivity index (χ1n) is 5.75. The summed E-state index contributed by atoms with van der Waals surface area (Å²) in [6.45, 7) is 2.14. The van der Waals surface area contributed by atoms with Gasteiger partial charge in [-0.2, -0.15) is 4.31 Å². The van der Waals surface area contributed by atoms with Gasteiger partial charge in [0.2, 0.25) is 0 Å². The van der Waals surface area contributed by atoms with Gasteiger partial charge in [0.25, 0.3) is 15.7 Å². The summed E-state index contributed by atoms with van der Waals surface area (Å²) in [5, 5.41) is 19.8. The number of carbonyl (C=O) groups is 1. The molecule has 1 N–H and O–H groups in total. The molecule has 0 aliphatic rings. The number of halogens is 1. The molecule has 0 aliphatic carbocycles. The summed E-state index contributed by atoms with van der Waals surface area (Å²) >= 11 is 5.70. The SMILES string of the molecule is CC(C)N(CC(=O)O)S(=O)(=O)c1cc(Cl)ccc1[N+](=O)[O-]. The quantitative estimate of drug-likeness (QED) is 0.624. The Hall–Kier alpha value is -1.71. The number of benzene rings is 1. The zero-order valence-corrected chi connectivity index (χ0v) is 12.8. The summed E-state index contributed by atoms with van der Waals surface area (Å²) in [4.78, 5) is 20.3. The van der Waals surface area contributed by atoms with Gasteiger partial charge in [-0.25, -0.2) is 8.42 Å². The Morgan fingerprint density at radius 3 is 2.48 bits per heavy atom. The molecule has 8 nitrogen and oxygen atoms in total. The van der Waals surface area contributed by atoms with Crippen LogP contribution >= 0.6 is 11.6 Å². The van der Waals surface area contributed by atoms with E-state index in [1.165, 1.54) is 19.9 Å². The predicted molar refractivity (Wildman–Crippen MR) is 74.8 cm³/mol. The van der Waals surface area contributed by atoms with Crippen LogP contribution in [0.3, 0.4) is 0 Å². The lowest BCUT2D eigenvalue weighted by Gasteiger charge is -2.23. The Balaban J connectivity index is 3.51. The van der Waals surface area contributed by atoms with Crippen LogP contribution in [0.1, 0.15) is 13.8 Å². The topological polar surface area (TPSA) is 118 Å². The van der Waals surface area contributed by atoms with Crippen LogP contribution in [0.25, 0.3) is 0 Å². The lowest BCUT2D eigenvalue weighted by molar-refractivity contribution is -0.387. The van der Waals surface area contributed by atoms with E-state index in [9.17, 15) is 23.3 Å². The fraction of sp³-hybridized carbons (Fsp3) is 0.364. The standard InChI is InChI=1S/C11H13ClN2O6S/c1-7(2)13(6-11(15)16)21(19,20)10-5-8(12)3-4-9(10)14(17)18/h3-5,7H,6H2,1-2H3,(H,15,16). The van der Waals surface area contributed by atoms with E-state index in [0.717, 1.165) is 12.1 Å². The van der Waals surface area contributed by atoms with E-state index in [2.05, 4.69) is 0 Å². The van der Waals surface area contributed by atoms with Gasteiger partial charge in [0, 0.05) is 17.1 Å². The lowest BCUT2D eigenvalue weighted by atomic mass is 10.3. The molecule has 116 valence electrons. The maximum Gasteiger partial charge on any atom is 0.318 e. The Bertz CT molecular complexity index is 673. The maximum atomic E-state index is 12.5. The van der Waals surface area contributed by atoms with Crippen LogP contribution in [0.15, 0.2) is 23.1 Å². The fourth-order valence-corrected chi connectivity index (χ4v) is 3.66. The van der Waals surface area contributed by atoms with Crippen molar-refractivity contribution in [1.29, 1.82) is 0 Å². The Morgan fingerprint density at radius 2 is 2.05 bits per heavy atom. The number of sulfonamides is 1. The van der Waals surface area contributed by atoms with Crippen LogP contribution in [0.2, 0.25) is 5.02 Å². The third-order valence-corrected chi connectivity index (χ3v) is 4.86. The zero-order chi connectivity index (χ0) is 16.4. The van der Waals surface area contributed by atoms with E-state index in [-0.39, 0.29) is 5.02 Å². The minimum absolute atomic E-state index is 0.00166. The Labute approximate surface area is 126 Å². The molecule has 0 saturated heterocycles. The van der Waals surface area contributed by atoms with Crippen molar-refractivity contribution in [2.24, 2.45) is 0 Å². The minimum Gasteiger partial charge on any atom is -0.480 e.